The van der Waals surface area contributed by atoms with Crippen molar-refractivity contribution >= 4 is 0 Å². The van der Waals surface area contributed by atoms with Crippen LogP contribution in [-0.2, 0) is 6.42 Å². The second-order valence-electron chi connectivity index (χ2n) is 6.88. The normalized spacial score (nSPS) is 21.1. The lowest BCUT2D eigenvalue weighted by atomic mass is 9.94. The third-order valence-electron chi connectivity index (χ3n) is 4.62. The molecule has 2 nitrogen and oxygen atoms in total. The highest BCUT2D eigenvalue weighted by Gasteiger charge is 2.22. The summed E-state index contributed by atoms with van der Waals surface area (Å²) in [5.41, 5.74) is 1.66. The van der Waals surface area contributed by atoms with Gasteiger partial charge < -0.3 is 10.2 Å². The van der Waals surface area contributed by atoms with E-state index in [0.717, 1.165) is 19.0 Å². The van der Waals surface area contributed by atoms with Crippen molar-refractivity contribution in [2.45, 2.75) is 57.5 Å². The molecule has 1 unspecified atom stereocenters. The number of likely N-dealkylation sites (tertiary alicyclic amines) is 1. The predicted molar refractivity (Wildman–Crippen MR) is 87.1 cm³/mol. The van der Waals surface area contributed by atoms with Crippen molar-refractivity contribution in [1.29, 1.82) is 0 Å². The molecule has 1 aliphatic rings. The maximum atomic E-state index is 3.79. The fourth-order valence-corrected chi connectivity index (χ4v) is 2.99. The summed E-state index contributed by atoms with van der Waals surface area (Å²) in [6.45, 7) is 7.05. The molecule has 0 saturated carbocycles. The first-order chi connectivity index (χ1) is 9.57. The van der Waals surface area contributed by atoms with E-state index in [1.807, 2.05) is 0 Å². The van der Waals surface area contributed by atoms with Gasteiger partial charge >= 0.3 is 0 Å². The second-order valence-corrected chi connectivity index (χ2v) is 6.88. The number of rotatable bonds is 6. The van der Waals surface area contributed by atoms with E-state index < -0.39 is 0 Å². The van der Waals surface area contributed by atoms with Crippen molar-refractivity contribution in [2.24, 2.45) is 0 Å². The van der Waals surface area contributed by atoms with Crippen LogP contribution in [0.15, 0.2) is 30.3 Å². The van der Waals surface area contributed by atoms with E-state index in [9.17, 15) is 0 Å². The Balaban J connectivity index is 1.75. The molecule has 1 heterocycles. The van der Waals surface area contributed by atoms with Crippen molar-refractivity contribution in [3.05, 3.63) is 35.9 Å². The summed E-state index contributed by atoms with van der Waals surface area (Å²) in [6, 6.07) is 11.5. The van der Waals surface area contributed by atoms with Crippen molar-refractivity contribution in [3.63, 3.8) is 0 Å². The number of hydrogen-bond donors (Lipinski definition) is 1. The molecule has 1 atom stereocenters. The molecule has 0 aromatic heterocycles. The van der Waals surface area contributed by atoms with Crippen LogP contribution in [0.2, 0.25) is 0 Å². The number of hydrogen-bond acceptors (Lipinski definition) is 2. The van der Waals surface area contributed by atoms with Crippen molar-refractivity contribution in [3.8, 4) is 0 Å². The van der Waals surface area contributed by atoms with Crippen LogP contribution in [0.3, 0.4) is 0 Å². The summed E-state index contributed by atoms with van der Waals surface area (Å²) in [5, 5.41) is 3.79. The highest BCUT2D eigenvalue weighted by atomic mass is 15.2. The Morgan fingerprint density at radius 3 is 2.65 bits per heavy atom. The van der Waals surface area contributed by atoms with Gasteiger partial charge in [-0.3, -0.25) is 0 Å². The fourth-order valence-electron chi connectivity index (χ4n) is 2.99. The van der Waals surface area contributed by atoms with Crippen LogP contribution >= 0.6 is 0 Å². The number of nitrogens with zero attached hydrogens (tertiary/aromatic N) is 1. The summed E-state index contributed by atoms with van der Waals surface area (Å²) >= 11 is 0. The maximum absolute atomic E-state index is 3.79. The van der Waals surface area contributed by atoms with Crippen molar-refractivity contribution < 1.29 is 0 Å². The van der Waals surface area contributed by atoms with Gasteiger partial charge in [-0.1, -0.05) is 36.8 Å². The monoisotopic (exact) mass is 274 g/mol. The summed E-state index contributed by atoms with van der Waals surface area (Å²) in [7, 11) is 2.27. The first kappa shape index (κ1) is 15.5. The minimum atomic E-state index is 0.216. The minimum absolute atomic E-state index is 0.216. The van der Waals surface area contributed by atoms with E-state index in [2.05, 4.69) is 61.4 Å². The smallest absolute Gasteiger partial charge is 0.0217 e. The van der Waals surface area contributed by atoms with Crippen LogP contribution in [0.4, 0.5) is 0 Å². The van der Waals surface area contributed by atoms with E-state index >= 15 is 0 Å². The van der Waals surface area contributed by atoms with Crippen LogP contribution in [0.1, 0.15) is 45.1 Å². The van der Waals surface area contributed by atoms with Crippen LogP contribution in [0, 0.1) is 0 Å². The van der Waals surface area contributed by atoms with Gasteiger partial charge in [-0.2, -0.15) is 0 Å². The van der Waals surface area contributed by atoms with Gasteiger partial charge in [-0.25, -0.2) is 0 Å². The molecule has 0 amide bonds. The molecule has 0 bridgehead atoms. The molecule has 0 spiro atoms. The number of aryl methyl sites for hydroxylation is 1. The molecule has 112 valence electrons. The highest BCUT2D eigenvalue weighted by molar-refractivity contribution is 5.15. The molecular weight excluding hydrogens is 244 g/mol. The zero-order chi connectivity index (χ0) is 14.4. The van der Waals surface area contributed by atoms with Gasteiger partial charge in [0.1, 0.15) is 0 Å². The van der Waals surface area contributed by atoms with E-state index in [1.54, 1.807) is 0 Å². The molecule has 20 heavy (non-hydrogen) atoms. The standard InChI is InChI=1S/C18H30N2/c1-18(2,13-12-16-9-5-4-6-10-16)19-15-17-11-7-8-14-20(17)3/h4-6,9-10,17,19H,7-8,11-15H2,1-3H3. The van der Waals surface area contributed by atoms with Crippen molar-refractivity contribution in [1.82, 2.24) is 10.2 Å². The average Bonchev–Trinajstić information content (AvgIpc) is 2.46. The van der Waals surface area contributed by atoms with E-state index in [4.69, 9.17) is 0 Å². The summed E-state index contributed by atoms with van der Waals surface area (Å²) in [4.78, 5) is 2.52. The molecule has 1 N–H and O–H groups in total. The maximum Gasteiger partial charge on any atom is 0.0217 e. The second kappa shape index (κ2) is 7.24. The summed E-state index contributed by atoms with van der Waals surface area (Å²) in [5.74, 6) is 0. The largest absolute Gasteiger partial charge is 0.310 e. The van der Waals surface area contributed by atoms with E-state index in [0.29, 0.717) is 0 Å². The lowest BCUT2D eigenvalue weighted by Crippen LogP contribution is -2.49. The molecule has 0 aliphatic carbocycles. The highest BCUT2D eigenvalue weighted by Crippen LogP contribution is 2.17. The van der Waals surface area contributed by atoms with Gasteiger partial charge in [0.15, 0.2) is 0 Å². The Hall–Kier alpha value is -0.860. The Kier molecular flexibility index (Phi) is 5.62. The summed E-state index contributed by atoms with van der Waals surface area (Å²) < 4.78 is 0. The number of likely N-dealkylation sites (N-methyl/N-ethyl adjacent to an activating group) is 1. The van der Waals surface area contributed by atoms with Gasteiger partial charge in [0.2, 0.25) is 0 Å². The SMILES string of the molecule is CN1CCCCC1CNC(C)(C)CCc1ccccc1. The first-order valence-electron chi connectivity index (χ1n) is 8.06. The number of benzene rings is 1. The molecule has 2 heteroatoms. The van der Waals surface area contributed by atoms with Gasteiger partial charge in [-0.05, 0) is 58.7 Å². The molecule has 1 aromatic rings. The van der Waals surface area contributed by atoms with Gasteiger partial charge in [0.05, 0.1) is 0 Å². The molecule has 1 aliphatic heterocycles. The quantitative estimate of drug-likeness (QED) is 0.854. The Labute approximate surface area is 124 Å². The Morgan fingerprint density at radius 1 is 1.20 bits per heavy atom. The Morgan fingerprint density at radius 2 is 1.95 bits per heavy atom. The molecule has 1 saturated heterocycles. The zero-order valence-corrected chi connectivity index (χ0v) is 13.4. The first-order valence-corrected chi connectivity index (χ1v) is 8.06. The molecule has 1 fully saturated rings. The minimum Gasteiger partial charge on any atom is -0.310 e. The number of piperidine rings is 1. The molecule has 1 aromatic carbocycles. The van der Waals surface area contributed by atoms with Crippen LogP contribution < -0.4 is 5.32 Å². The molecular formula is C18H30N2. The van der Waals surface area contributed by atoms with Gasteiger partial charge in [-0.15, -0.1) is 0 Å². The number of nitrogens with one attached hydrogen (secondary N) is 1. The third-order valence-corrected chi connectivity index (χ3v) is 4.62. The van der Waals surface area contributed by atoms with E-state index in [-0.39, 0.29) is 5.54 Å². The zero-order valence-electron chi connectivity index (χ0n) is 13.4. The lowest BCUT2D eigenvalue weighted by molar-refractivity contribution is 0.169. The topological polar surface area (TPSA) is 15.3 Å². The third kappa shape index (κ3) is 4.92. The predicted octanol–water partition coefficient (Wildman–Crippen LogP) is 3.47. The van der Waals surface area contributed by atoms with Gasteiger partial charge in [0.25, 0.3) is 0 Å². The van der Waals surface area contributed by atoms with Gasteiger partial charge in [0, 0.05) is 18.1 Å². The lowest BCUT2D eigenvalue weighted by Gasteiger charge is -2.36. The fraction of sp³-hybridized carbons (Fsp3) is 0.667. The molecule has 2 rings (SSSR count). The van der Waals surface area contributed by atoms with Crippen molar-refractivity contribution in [2.75, 3.05) is 20.1 Å². The van der Waals surface area contributed by atoms with Crippen LogP contribution in [0.5, 0.6) is 0 Å². The average molecular weight is 274 g/mol. The molecule has 0 radical (unpaired) electrons. The van der Waals surface area contributed by atoms with Crippen LogP contribution in [0.25, 0.3) is 0 Å². The van der Waals surface area contributed by atoms with E-state index in [1.165, 1.54) is 37.8 Å². The van der Waals surface area contributed by atoms with Crippen LogP contribution in [-0.4, -0.2) is 36.6 Å². The summed E-state index contributed by atoms with van der Waals surface area (Å²) in [6.07, 6.45) is 6.44. The Bertz CT molecular complexity index is 386.